The maximum atomic E-state index is 9.77. The first-order valence-corrected chi connectivity index (χ1v) is 6.34. The molecular formula is C11H20O9. The molecule has 0 aliphatic carbocycles. The van der Waals surface area contributed by atoms with Crippen LogP contribution < -0.4 is 0 Å². The molecule has 0 aromatic heterocycles. The number of rotatable bonds is 2. The zero-order valence-corrected chi connectivity index (χ0v) is 10.8. The Kier molecular flexibility index (Phi) is 4.95. The standard InChI is InChI=1S/C11H20O9/c1-3-5(13)7(15)8(16)11(19-3)20-9-6(14)4(12)2-18-10(9)17/h3-17H,2H2,1H3/t3-,4-,5-,6-,7+,8+,9+,10?,11-/m0/s1. The van der Waals surface area contributed by atoms with Gasteiger partial charge >= 0.3 is 0 Å². The van der Waals surface area contributed by atoms with Crippen LogP contribution in [-0.2, 0) is 14.2 Å². The third kappa shape index (κ3) is 2.96. The van der Waals surface area contributed by atoms with Crippen LogP contribution in [0, 0.1) is 0 Å². The lowest BCUT2D eigenvalue weighted by molar-refractivity contribution is -0.348. The molecule has 0 aromatic carbocycles. The molecule has 20 heavy (non-hydrogen) atoms. The smallest absolute Gasteiger partial charge is 0.187 e. The highest BCUT2D eigenvalue weighted by Crippen LogP contribution is 2.26. The third-order valence-electron chi connectivity index (χ3n) is 3.55. The maximum absolute atomic E-state index is 9.77. The molecule has 0 radical (unpaired) electrons. The molecule has 0 saturated carbocycles. The molecule has 2 aliphatic rings. The van der Waals surface area contributed by atoms with E-state index in [-0.39, 0.29) is 6.61 Å². The van der Waals surface area contributed by atoms with Crippen LogP contribution in [-0.4, -0.2) is 92.6 Å². The zero-order valence-electron chi connectivity index (χ0n) is 10.8. The number of hydrogen-bond donors (Lipinski definition) is 6. The van der Waals surface area contributed by atoms with E-state index in [0.29, 0.717) is 0 Å². The van der Waals surface area contributed by atoms with Crippen molar-refractivity contribution in [3.8, 4) is 0 Å². The van der Waals surface area contributed by atoms with E-state index < -0.39 is 55.3 Å². The van der Waals surface area contributed by atoms with Crippen LogP contribution in [0.3, 0.4) is 0 Å². The van der Waals surface area contributed by atoms with Crippen LogP contribution in [0.25, 0.3) is 0 Å². The van der Waals surface area contributed by atoms with Crippen LogP contribution in [0.1, 0.15) is 6.92 Å². The molecule has 6 N–H and O–H groups in total. The van der Waals surface area contributed by atoms with Gasteiger partial charge in [0.05, 0.1) is 12.7 Å². The number of aliphatic hydroxyl groups excluding tert-OH is 6. The lowest BCUT2D eigenvalue weighted by Crippen LogP contribution is -2.61. The van der Waals surface area contributed by atoms with Gasteiger partial charge in [-0.2, -0.15) is 0 Å². The molecule has 1 unspecified atom stereocenters. The summed E-state index contributed by atoms with van der Waals surface area (Å²) in [6, 6.07) is 0. The van der Waals surface area contributed by atoms with Crippen LogP contribution in [0.15, 0.2) is 0 Å². The van der Waals surface area contributed by atoms with Crippen LogP contribution in [0.4, 0.5) is 0 Å². The Morgan fingerprint density at radius 1 is 0.900 bits per heavy atom. The monoisotopic (exact) mass is 296 g/mol. The molecule has 2 heterocycles. The average Bonchev–Trinajstić information content (AvgIpc) is 2.42. The molecule has 9 atom stereocenters. The van der Waals surface area contributed by atoms with Gasteiger partial charge in [-0.05, 0) is 6.92 Å². The summed E-state index contributed by atoms with van der Waals surface area (Å²) in [6.07, 6.45) is -12.1. The second-order valence-electron chi connectivity index (χ2n) is 5.06. The Morgan fingerprint density at radius 3 is 2.20 bits per heavy atom. The van der Waals surface area contributed by atoms with Crippen molar-refractivity contribution in [2.45, 2.75) is 62.2 Å². The second-order valence-corrected chi connectivity index (χ2v) is 5.06. The van der Waals surface area contributed by atoms with Gasteiger partial charge in [-0.15, -0.1) is 0 Å². The van der Waals surface area contributed by atoms with E-state index in [1.54, 1.807) is 0 Å². The molecule has 0 bridgehead atoms. The van der Waals surface area contributed by atoms with Crippen molar-refractivity contribution >= 4 is 0 Å². The summed E-state index contributed by atoms with van der Waals surface area (Å²) in [5.41, 5.74) is 0. The summed E-state index contributed by atoms with van der Waals surface area (Å²) in [5.74, 6) is 0. The summed E-state index contributed by atoms with van der Waals surface area (Å²) >= 11 is 0. The summed E-state index contributed by atoms with van der Waals surface area (Å²) in [5, 5.41) is 57.7. The maximum Gasteiger partial charge on any atom is 0.187 e. The van der Waals surface area contributed by atoms with Gasteiger partial charge in [0.2, 0.25) is 0 Å². The van der Waals surface area contributed by atoms with Gasteiger partial charge in [0.15, 0.2) is 12.6 Å². The van der Waals surface area contributed by atoms with Gasteiger partial charge in [0.25, 0.3) is 0 Å². The quantitative estimate of drug-likeness (QED) is 0.302. The molecule has 2 aliphatic heterocycles. The highest BCUT2D eigenvalue weighted by molar-refractivity contribution is 4.90. The SMILES string of the molecule is C[C@@H]1O[C@@H](O[C@H]2C(O)OC[C@H](O)[C@@H]2O)[C@H](O)[C@H](O)[C@H]1O. The molecule has 0 amide bonds. The lowest BCUT2D eigenvalue weighted by atomic mass is 9.99. The van der Waals surface area contributed by atoms with E-state index in [0.717, 1.165) is 0 Å². The molecule has 9 nitrogen and oxygen atoms in total. The topological polar surface area (TPSA) is 149 Å². The van der Waals surface area contributed by atoms with E-state index in [9.17, 15) is 30.6 Å². The van der Waals surface area contributed by atoms with Crippen LogP contribution in [0.2, 0.25) is 0 Å². The summed E-state index contributed by atoms with van der Waals surface area (Å²) in [6.45, 7) is 1.21. The van der Waals surface area contributed by atoms with E-state index in [1.807, 2.05) is 0 Å². The lowest BCUT2D eigenvalue weighted by Gasteiger charge is -2.43. The predicted octanol–water partition coefficient (Wildman–Crippen LogP) is -3.73. The molecule has 2 saturated heterocycles. The first-order valence-electron chi connectivity index (χ1n) is 6.34. The van der Waals surface area contributed by atoms with E-state index in [2.05, 4.69) is 0 Å². The number of ether oxygens (including phenoxy) is 3. The first kappa shape index (κ1) is 16.0. The van der Waals surface area contributed by atoms with Gasteiger partial charge in [-0.3, -0.25) is 0 Å². The van der Waals surface area contributed by atoms with Crippen molar-refractivity contribution < 1.29 is 44.8 Å². The average molecular weight is 296 g/mol. The molecule has 2 rings (SSSR count). The normalized spacial score (nSPS) is 53.9. The largest absolute Gasteiger partial charge is 0.388 e. The van der Waals surface area contributed by atoms with Gasteiger partial charge in [0.1, 0.15) is 36.6 Å². The Balaban J connectivity index is 2.04. The van der Waals surface area contributed by atoms with Crippen molar-refractivity contribution in [1.29, 1.82) is 0 Å². The third-order valence-corrected chi connectivity index (χ3v) is 3.55. The number of aliphatic hydroxyl groups is 6. The van der Waals surface area contributed by atoms with Crippen molar-refractivity contribution in [3.05, 3.63) is 0 Å². The van der Waals surface area contributed by atoms with Gasteiger partial charge in [-0.25, -0.2) is 0 Å². The first-order chi connectivity index (χ1) is 9.32. The predicted molar refractivity (Wildman–Crippen MR) is 61.2 cm³/mol. The second kappa shape index (κ2) is 6.18. The molecular weight excluding hydrogens is 276 g/mol. The van der Waals surface area contributed by atoms with Crippen molar-refractivity contribution in [3.63, 3.8) is 0 Å². The fourth-order valence-corrected chi connectivity index (χ4v) is 2.21. The van der Waals surface area contributed by atoms with Gasteiger partial charge < -0.3 is 44.8 Å². The Morgan fingerprint density at radius 2 is 1.55 bits per heavy atom. The van der Waals surface area contributed by atoms with Crippen molar-refractivity contribution in [2.75, 3.05) is 6.61 Å². The summed E-state index contributed by atoms with van der Waals surface area (Å²) in [4.78, 5) is 0. The van der Waals surface area contributed by atoms with E-state index in [4.69, 9.17) is 14.2 Å². The molecule has 9 heteroatoms. The molecule has 0 spiro atoms. The Bertz CT molecular complexity index is 327. The van der Waals surface area contributed by atoms with Crippen molar-refractivity contribution in [1.82, 2.24) is 0 Å². The highest BCUT2D eigenvalue weighted by Gasteiger charge is 2.47. The zero-order chi connectivity index (χ0) is 15.0. The molecule has 118 valence electrons. The van der Waals surface area contributed by atoms with Crippen LogP contribution >= 0.6 is 0 Å². The Hall–Kier alpha value is -0.360. The highest BCUT2D eigenvalue weighted by atomic mass is 16.7. The fraction of sp³-hybridized carbons (Fsp3) is 1.00. The minimum absolute atomic E-state index is 0.256. The molecule has 2 fully saturated rings. The molecule has 0 aromatic rings. The van der Waals surface area contributed by atoms with E-state index in [1.165, 1.54) is 6.92 Å². The van der Waals surface area contributed by atoms with E-state index >= 15 is 0 Å². The van der Waals surface area contributed by atoms with Crippen molar-refractivity contribution in [2.24, 2.45) is 0 Å². The van der Waals surface area contributed by atoms with Gasteiger partial charge in [-0.1, -0.05) is 0 Å². The Labute approximate surface area is 114 Å². The number of hydrogen-bond acceptors (Lipinski definition) is 9. The summed E-state index contributed by atoms with van der Waals surface area (Å²) < 4.78 is 15.2. The fourth-order valence-electron chi connectivity index (χ4n) is 2.21. The summed E-state index contributed by atoms with van der Waals surface area (Å²) in [7, 11) is 0. The van der Waals surface area contributed by atoms with Crippen LogP contribution in [0.5, 0.6) is 0 Å². The minimum Gasteiger partial charge on any atom is -0.388 e. The minimum atomic E-state index is -1.57. The van der Waals surface area contributed by atoms with Gasteiger partial charge in [0, 0.05) is 0 Å².